The van der Waals surface area contributed by atoms with Crippen LogP contribution in [-0.4, -0.2) is 46.0 Å². The van der Waals surface area contributed by atoms with Crippen molar-refractivity contribution in [2.75, 3.05) is 28.4 Å². The molecule has 9 heteroatoms. The number of benzene rings is 2. The second-order valence-electron chi connectivity index (χ2n) is 6.13. The molecule has 2 rings (SSSR count). The van der Waals surface area contributed by atoms with Crippen LogP contribution < -0.4 is 29.5 Å². The largest absolute Gasteiger partial charge is 0.550 e. The smallest absolute Gasteiger partial charge is 0.271 e. The Labute approximate surface area is 174 Å². The summed E-state index contributed by atoms with van der Waals surface area (Å²) in [6.07, 6.45) is -0.303. The third-order valence-electron chi connectivity index (χ3n) is 4.29. The maximum atomic E-state index is 12.6. The van der Waals surface area contributed by atoms with Crippen molar-refractivity contribution in [3.63, 3.8) is 0 Å². The van der Waals surface area contributed by atoms with E-state index in [0.29, 0.717) is 39.8 Å². The van der Waals surface area contributed by atoms with Crippen molar-refractivity contribution in [2.24, 2.45) is 5.10 Å². The molecule has 160 valence electrons. The third kappa shape index (κ3) is 5.19. The van der Waals surface area contributed by atoms with E-state index in [1.807, 2.05) is 0 Å². The molecule has 0 bridgehead atoms. The standard InChI is InChI=1S/C21H24N2O7/c1-12(13-6-7-16(27-2)14(8-13)11-19(24)25)22-23-21(26)15-9-17(28-3)20(30-5)18(10-15)29-4/h6-10H,11H2,1-5H3,(H,23,26)(H,24,25)/p-1/b22-12-. The van der Waals surface area contributed by atoms with Crippen LogP contribution in [0.5, 0.6) is 23.0 Å². The molecule has 0 heterocycles. The van der Waals surface area contributed by atoms with Crippen LogP contribution in [0.2, 0.25) is 0 Å². The summed E-state index contributed by atoms with van der Waals surface area (Å²) in [5, 5.41) is 15.1. The fourth-order valence-corrected chi connectivity index (χ4v) is 2.77. The zero-order chi connectivity index (χ0) is 22.3. The van der Waals surface area contributed by atoms with Gasteiger partial charge in [-0.15, -0.1) is 0 Å². The molecule has 0 unspecified atom stereocenters. The molecule has 1 amide bonds. The van der Waals surface area contributed by atoms with Gasteiger partial charge in [0.1, 0.15) is 5.75 Å². The van der Waals surface area contributed by atoms with Crippen LogP contribution in [0.3, 0.4) is 0 Å². The Morgan fingerprint density at radius 1 is 0.900 bits per heavy atom. The summed E-state index contributed by atoms with van der Waals surface area (Å²) in [4.78, 5) is 23.5. The van der Waals surface area contributed by atoms with Gasteiger partial charge in [-0.05, 0) is 42.8 Å². The molecule has 0 fully saturated rings. The lowest BCUT2D eigenvalue weighted by molar-refractivity contribution is -0.304. The van der Waals surface area contributed by atoms with E-state index in [0.717, 1.165) is 0 Å². The second kappa shape index (κ2) is 10.1. The predicted octanol–water partition coefficient (Wildman–Crippen LogP) is 1.17. The number of ether oxygens (including phenoxy) is 4. The fourth-order valence-electron chi connectivity index (χ4n) is 2.77. The van der Waals surface area contributed by atoms with E-state index in [2.05, 4.69) is 10.5 Å². The van der Waals surface area contributed by atoms with Gasteiger partial charge in [0.05, 0.1) is 34.2 Å². The molecule has 30 heavy (non-hydrogen) atoms. The Hall–Kier alpha value is -3.75. The molecule has 0 spiro atoms. The second-order valence-corrected chi connectivity index (χ2v) is 6.13. The maximum absolute atomic E-state index is 12.6. The lowest BCUT2D eigenvalue weighted by atomic mass is 10.0. The summed E-state index contributed by atoms with van der Waals surface area (Å²) in [6, 6.07) is 7.98. The molecule has 0 saturated carbocycles. The Kier molecular flexibility index (Phi) is 7.62. The number of nitrogens with one attached hydrogen (secondary N) is 1. The maximum Gasteiger partial charge on any atom is 0.271 e. The fraction of sp³-hybridized carbons (Fsp3) is 0.286. The Morgan fingerprint density at radius 2 is 1.50 bits per heavy atom. The average molecular weight is 415 g/mol. The van der Waals surface area contributed by atoms with Gasteiger partial charge < -0.3 is 28.8 Å². The minimum Gasteiger partial charge on any atom is -0.550 e. The van der Waals surface area contributed by atoms with Gasteiger partial charge in [-0.2, -0.15) is 5.10 Å². The van der Waals surface area contributed by atoms with Gasteiger partial charge in [-0.3, -0.25) is 4.79 Å². The zero-order valence-corrected chi connectivity index (χ0v) is 17.4. The number of hydrogen-bond acceptors (Lipinski definition) is 8. The van der Waals surface area contributed by atoms with E-state index in [9.17, 15) is 14.7 Å². The number of carboxylic acids is 1. The lowest BCUT2D eigenvalue weighted by Crippen LogP contribution is -2.24. The number of aliphatic carboxylic acids is 1. The van der Waals surface area contributed by atoms with Gasteiger partial charge in [0.15, 0.2) is 11.5 Å². The quantitative estimate of drug-likeness (QED) is 0.482. The first-order chi connectivity index (χ1) is 14.3. The number of carbonyl (C=O) groups is 2. The van der Waals surface area contributed by atoms with Crippen molar-refractivity contribution in [1.29, 1.82) is 0 Å². The van der Waals surface area contributed by atoms with E-state index in [1.165, 1.54) is 40.6 Å². The molecule has 0 atom stereocenters. The highest BCUT2D eigenvalue weighted by molar-refractivity contribution is 6.01. The summed E-state index contributed by atoms with van der Waals surface area (Å²) in [5.74, 6) is -0.241. The summed E-state index contributed by atoms with van der Waals surface area (Å²) >= 11 is 0. The number of rotatable bonds is 9. The SMILES string of the molecule is COc1ccc(/C(C)=N\NC(=O)c2cc(OC)c(OC)c(OC)c2)cc1CC(=O)[O-]. The Balaban J connectivity index is 2.27. The molecular formula is C21H23N2O7-. The first kappa shape index (κ1) is 22.5. The third-order valence-corrected chi connectivity index (χ3v) is 4.29. The molecular weight excluding hydrogens is 392 g/mol. The molecule has 0 radical (unpaired) electrons. The van der Waals surface area contributed by atoms with Crippen LogP contribution in [0.25, 0.3) is 0 Å². The van der Waals surface area contributed by atoms with E-state index in [1.54, 1.807) is 25.1 Å². The number of hydrogen-bond donors (Lipinski definition) is 1. The molecule has 2 aromatic carbocycles. The molecule has 0 saturated heterocycles. The molecule has 0 aliphatic heterocycles. The van der Waals surface area contributed by atoms with Crippen LogP contribution in [0.1, 0.15) is 28.4 Å². The van der Waals surface area contributed by atoms with E-state index in [-0.39, 0.29) is 12.0 Å². The van der Waals surface area contributed by atoms with Crippen molar-refractivity contribution >= 4 is 17.6 Å². The minimum absolute atomic E-state index is 0.258. The first-order valence-electron chi connectivity index (χ1n) is 8.86. The van der Waals surface area contributed by atoms with Crippen LogP contribution in [-0.2, 0) is 11.2 Å². The molecule has 9 nitrogen and oxygen atoms in total. The van der Waals surface area contributed by atoms with Gasteiger partial charge in [0.25, 0.3) is 5.91 Å². The monoisotopic (exact) mass is 415 g/mol. The molecule has 2 aromatic rings. The summed E-state index contributed by atoms with van der Waals surface area (Å²) in [6.45, 7) is 1.68. The number of nitrogens with zero attached hydrogens (tertiary/aromatic N) is 1. The summed E-state index contributed by atoms with van der Waals surface area (Å²) < 4.78 is 20.9. The molecule has 0 aromatic heterocycles. The molecule has 1 N–H and O–H groups in total. The van der Waals surface area contributed by atoms with Crippen molar-refractivity contribution < 1.29 is 33.6 Å². The normalized spacial score (nSPS) is 10.9. The zero-order valence-electron chi connectivity index (χ0n) is 17.4. The van der Waals surface area contributed by atoms with Crippen LogP contribution >= 0.6 is 0 Å². The number of carbonyl (C=O) groups excluding carboxylic acids is 2. The number of amides is 1. The highest BCUT2D eigenvalue weighted by Crippen LogP contribution is 2.38. The highest BCUT2D eigenvalue weighted by Gasteiger charge is 2.17. The van der Waals surface area contributed by atoms with Gasteiger partial charge in [-0.1, -0.05) is 0 Å². The Bertz CT molecular complexity index is 945. The van der Waals surface area contributed by atoms with Crippen molar-refractivity contribution in [3.05, 3.63) is 47.0 Å². The highest BCUT2D eigenvalue weighted by atomic mass is 16.5. The van der Waals surface area contributed by atoms with E-state index >= 15 is 0 Å². The molecule has 0 aliphatic carbocycles. The van der Waals surface area contributed by atoms with Gasteiger partial charge in [0.2, 0.25) is 5.75 Å². The summed E-state index contributed by atoms with van der Waals surface area (Å²) in [5.41, 5.74) is 4.26. The van der Waals surface area contributed by atoms with Crippen LogP contribution in [0.15, 0.2) is 35.4 Å². The van der Waals surface area contributed by atoms with Crippen LogP contribution in [0.4, 0.5) is 0 Å². The van der Waals surface area contributed by atoms with Crippen molar-refractivity contribution in [3.8, 4) is 23.0 Å². The number of methoxy groups -OCH3 is 4. The summed E-state index contributed by atoms with van der Waals surface area (Å²) in [7, 11) is 5.83. The Morgan fingerprint density at radius 3 is 2.00 bits per heavy atom. The lowest BCUT2D eigenvalue weighted by Gasteiger charge is -2.13. The topological polar surface area (TPSA) is 119 Å². The minimum atomic E-state index is -1.23. The predicted molar refractivity (Wildman–Crippen MR) is 107 cm³/mol. The van der Waals surface area contributed by atoms with Crippen LogP contribution in [0, 0.1) is 0 Å². The number of hydrazone groups is 1. The van der Waals surface area contributed by atoms with E-state index < -0.39 is 11.9 Å². The average Bonchev–Trinajstić information content (AvgIpc) is 2.75. The number of carboxylic acid groups (broad SMARTS) is 1. The van der Waals surface area contributed by atoms with Gasteiger partial charge >= 0.3 is 0 Å². The van der Waals surface area contributed by atoms with Gasteiger partial charge in [-0.25, -0.2) is 5.43 Å². The molecule has 0 aliphatic rings. The van der Waals surface area contributed by atoms with Crippen molar-refractivity contribution in [1.82, 2.24) is 5.43 Å². The van der Waals surface area contributed by atoms with Crippen molar-refractivity contribution in [2.45, 2.75) is 13.3 Å². The van der Waals surface area contributed by atoms with Gasteiger partial charge in [0, 0.05) is 23.5 Å². The van der Waals surface area contributed by atoms with E-state index in [4.69, 9.17) is 18.9 Å². The first-order valence-corrected chi connectivity index (χ1v) is 8.86.